The van der Waals surface area contributed by atoms with Crippen molar-refractivity contribution < 1.29 is 0 Å². The molecule has 0 radical (unpaired) electrons. The topological polar surface area (TPSA) is 55.0 Å². The van der Waals surface area contributed by atoms with Crippen LogP contribution in [0.1, 0.15) is 57.7 Å². The van der Waals surface area contributed by atoms with Gasteiger partial charge in [0, 0.05) is 24.6 Å². The molecule has 19 heavy (non-hydrogen) atoms. The van der Waals surface area contributed by atoms with Crippen LogP contribution < -0.4 is 10.6 Å². The third kappa shape index (κ3) is 2.40. The first kappa shape index (κ1) is 12.7. The molecule has 1 aromatic heterocycles. The molecule has 0 aromatic carbocycles. The van der Waals surface area contributed by atoms with Gasteiger partial charge < -0.3 is 10.6 Å². The second-order valence-corrected chi connectivity index (χ2v) is 6.26. The minimum atomic E-state index is 0.325. The SMILES string of the molecule is CC(C)c1nc(N)cc(N2CCCC3CCCC32)n1. The van der Waals surface area contributed by atoms with Gasteiger partial charge in [-0.3, -0.25) is 0 Å². The maximum atomic E-state index is 5.96. The van der Waals surface area contributed by atoms with Crippen molar-refractivity contribution in [1.29, 1.82) is 0 Å². The number of fused-ring (bicyclic) bond motifs is 1. The monoisotopic (exact) mass is 260 g/mol. The summed E-state index contributed by atoms with van der Waals surface area (Å²) in [4.78, 5) is 11.6. The van der Waals surface area contributed by atoms with Crippen molar-refractivity contribution in [3.8, 4) is 0 Å². The Morgan fingerprint density at radius 1 is 1.21 bits per heavy atom. The van der Waals surface area contributed by atoms with E-state index in [1.807, 2.05) is 6.07 Å². The summed E-state index contributed by atoms with van der Waals surface area (Å²) >= 11 is 0. The lowest BCUT2D eigenvalue weighted by Gasteiger charge is -2.38. The molecule has 1 aromatic rings. The molecule has 1 aliphatic heterocycles. The largest absolute Gasteiger partial charge is 0.384 e. The summed E-state index contributed by atoms with van der Waals surface area (Å²) in [5, 5.41) is 0. The first-order valence-electron chi connectivity index (χ1n) is 7.56. The number of nitrogens with zero attached hydrogens (tertiary/aromatic N) is 3. The van der Waals surface area contributed by atoms with Crippen molar-refractivity contribution in [2.75, 3.05) is 17.2 Å². The molecule has 1 saturated heterocycles. The molecule has 4 heteroatoms. The summed E-state index contributed by atoms with van der Waals surface area (Å²) in [6.07, 6.45) is 6.73. The Kier molecular flexibility index (Phi) is 3.33. The smallest absolute Gasteiger partial charge is 0.135 e. The van der Waals surface area contributed by atoms with E-state index in [0.29, 0.717) is 17.8 Å². The van der Waals surface area contributed by atoms with Crippen LogP contribution in [0.3, 0.4) is 0 Å². The van der Waals surface area contributed by atoms with Gasteiger partial charge in [0.1, 0.15) is 17.5 Å². The fourth-order valence-corrected chi connectivity index (χ4v) is 3.62. The highest BCUT2D eigenvalue weighted by Gasteiger charge is 2.35. The van der Waals surface area contributed by atoms with Crippen LogP contribution >= 0.6 is 0 Å². The standard InChI is InChI=1S/C15H24N4/c1-10(2)15-17-13(16)9-14(18-15)19-8-4-6-11-5-3-7-12(11)19/h9-12H,3-8H2,1-2H3,(H2,16,17,18). The van der Waals surface area contributed by atoms with Crippen LogP contribution in [-0.4, -0.2) is 22.6 Å². The number of anilines is 2. The van der Waals surface area contributed by atoms with Crippen molar-refractivity contribution in [2.24, 2.45) is 5.92 Å². The van der Waals surface area contributed by atoms with Crippen LogP contribution in [0, 0.1) is 5.92 Å². The van der Waals surface area contributed by atoms with Crippen LogP contribution in [-0.2, 0) is 0 Å². The Balaban J connectivity index is 1.92. The van der Waals surface area contributed by atoms with E-state index in [1.54, 1.807) is 0 Å². The van der Waals surface area contributed by atoms with Crippen molar-refractivity contribution >= 4 is 11.6 Å². The van der Waals surface area contributed by atoms with Gasteiger partial charge in [-0.05, 0) is 31.6 Å². The number of piperidine rings is 1. The molecule has 2 atom stereocenters. The molecule has 1 saturated carbocycles. The number of aromatic nitrogens is 2. The average Bonchev–Trinajstić information content (AvgIpc) is 2.85. The molecule has 2 unspecified atom stereocenters. The Labute approximate surface area is 115 Å². The number of hydrogen-bond donors (Lipinski definition) is 1. The van der Waals surface area contributed by atoms with E-state index < -0.39 is 0 Å². The first-order chi connectivity index (χ1) is 9.15. The van der Waals surface area contributed by atoms with Gasteiger partial charge in [0.05, 0.1) is 0 Å². The van der Waals surface area contributed by atoms with Gasteiger partial charge in [-0.25, -0.2) is 9.97 Å². The van der Waals surface area contributed by atoms with E-state index in [2.05, 4.69) is 23.7 Å². The third-order valence-electron chi connectivity index (χ3n) is 4.55. The first-order valence-corrected chi connectivity index (χ1v) is 7.56. The highest BCUT2D eigenvalue weighted by atomic mass is 15.2. The van der Waals surface area contributed by atoms with E-state index in [9.17, 15) is 0 Å². The number of hydrogen-bond acceptors (Lipinski definition) is 4. The predicted molar refractivity (Wildman–Crippen MR) is 78.2 cm³/mol. The fraction of sp³-hybridized carbons (Fsp3) is 0.733. The molecule has 0 spiro atoms. The van der Waals surface area contributed by atoms with E-state index in [0.717, 1.165) is 24.1 Å². The van der Waals surface area contributed by atoms with Crippen LogP contribution in [0.25, 0.3) is 0 Å². The van der Waals surface area contributed by atoms with E-state index >= 15 is 0 Å². The highest BCUT2D eigenvalue weighted by Crippen LogP contribution is 2.38. The molecule has 2 heterocycles. The summed E-state index contributed by atoms with van der Waals surface area (Å²) < 4.78 is 0. The third-order valence-corrected chi connectivity index (χ3v) is 4.55. The van der Waals surface area contributed by atoms with Crippen LogP contribution in [0.2, 0.25) is 0 Å². The lowest BCUT2D eigenvalue weighted by atomic mass is 9.92. The van der Waals surface area contributed by atoms with E-state index in [1.165, 1.54) is 32.1 Å². The second kappa shape index (κ2) is 4.99. The van der Waals surface area contributed by atoms with Crippen molar-refractivity contribution in [1.82, 2.24) is 9.97 Å². The Hall–Kier alpha value is -1.32. The van der Waals surface area contributed by atoms with Crippen LogP contribution in [0.4, 0.5) is 11.6 Å². The maximum absolute atomic E-state index is 5.96. The van der Waals surface area contributed by atoms with Gasteiger partial charge >= 0.3 is 0 Å². The zero-order valence-corrected chi connectivity index (χ0v) is 12.0. The molecule has 2 aliphatic rings. The average molecular weight is 260 g/mol. The van der Waals surface area contributed by atoms with Crippen LogP contribution in [0.5, 0.6) is 0 Å². The molecule has 0 amide bonds. The summed E-state index contributed by atoms with van der Waals surface area (Å²) in [6, 6.07) is 2.63. The van der Waals surface area contributed by atoms with Gasteiger partial charge in [-0.1, -0.05) is 20.3 Å². The molecular formula is C15H24N4. The lowest BCUT2D eigenvalue weighted by Crippen LogP contribution is -2.43. The highest BCUT2D eigenvalue weighted by molar-refractivity contribution is 5.48. The van der Waals surface area contributed by atoms with Gasteiger partial charge in [0.15, 0.2) is 0 Å². The molecule has 1 aliphatic carbocycles. The Morgan fingerprint density at radius 3 is 2.79 bits per heavy atom. The zero-order valence-electron chi connectivity index (χ0n) is 12.0. The zero-order chi connectivity index (χ0) is 13.4. The van der Waals surface area contributed by atoms with Gasteiger partial charge in [-0.15, -0.1) is 0 Å². The van der Waals surface area contributed by atoms with Gasteiger partial charge in [0.25, 0.3) is 0 Å². The summed E-state index contributed by atoms with van der Waals surface area (Å²) in [5.41, 5.74) is 5.96. The maximum Gasteiger partial charge on any atom is 0.135 e. The minimum absolute atomic E-state index is 0.325. The summed E-state index contributed by atoms with van der Waals surface area (Å²) in [7, 11) is 0. The molecule has 4 nitrogen and oxygen atoms in total. The molecule has 104 valence electrons. The Bertz CT molecular complexity index is 457. The molecule has 2 fully saturated rings. The number of nitrogens with two attached hydrogens (primary N) is 1. The predicted octanol–water partition coefficient (Wildman–Crippen LogP) is 2.95. The molecule has 3 rings (SSSR count). The Morgan fingerprint density at radius 2 is 2.00 bits per heavy atom. The van der Waals surface area contributed by atoms with Crippen molar-refractivity contribution in [3.63, 3.8) is 0 Å². The lowest BCUT2D eigenvalue weighted by molar-refractivity contribution is 0.360. The fourth-order valence-electron chi connectivity index (χ4n) is 3.62. The van der Waals surface area contributed by atoms with E-state index in [-0.39, 0.29) is 0 Å². The second-order valence-electron chi connectivity index (χ2n) is 6.26. The van der Waals surface area contributed by atoms with Gasteiger partial charge in [-0.2, -0.15) is 0 Å². The number of rotatable bonds is 2. The number of nitrogen functional groups attached to an aromatic ring is 1. The van der Waals surface area contributed by atoms with Crippen molar-refractivity contribution in [2.45, 2.75) is 57.9 Å². The molecule has 0 bridgehead atoms. The minimum Gasteiger partial charge on any atom is -0.384 e. The normalized spacial score (nSPS) is 26.8. The molecule has 2 N–H and O–H groups in total. The summed E-state index contributed by atoms with van der Waals surface area (Å²) in [5.74, 6) is 3.72. The summed E-state index contributed by atoms with van der Waals surface area (Å²) in [6.45, 7) is 5.36. The van der Waals surface area contributed by atoms with Crippen LogP contribution in [0.15, 0.2) is 6.07 Å². The van der Waals surface area contributed by atoms with E-state index in [4.69, 9.17) is 10.7 Å². The molecular weight excluding hydrogens is 236 g/mol. The van der Waals surface area contributed by atoms with Crippen molar-refractivity contribution in [3.05, 3.63) is 11.9 Å². The quantitative estimate of drug-likeness (QED) is 0.888. The van der Waals surface area contributed by atoms with Gasteiger partial charge in [0.2, 0.25) is 0 Å².